The number of nitrogens with zero attached hydrogens (tertiary/aromatic N) is 2. The monoisotopic (exact) mass is 554 g/mol. The maximum Gasteiger partial charge on any atom is 0.337 e. The van der Waals surface area contributed by atoms with Gasteiger partial charge in [0, 0.05) is 19.6 Å². The van der Waals surface area contributed by atoms with Gasteiger partial charge in [0.2, 0.25) is 9.84 Å². The lowest BCUT2D eigenvalue weighted by Crippen LogP contribution is -2.30. The molecular weight excluding hydrogens is 524 g/mol. The Bertz CT molecular complexity index is 1580. The van der Waals surface area contributed by atoms with Crippen molar-refractivity contribution >= 4 is 15.8 Å². The van der Waals surface area contributed by atoms with Gasteiger partial charge in [-0.25, -0.2) is 13.2 Å². The number of rotatable bonds is 11. The molecule has 1 N–H and O–H groups in total. The SMILES string of the molecule is COC(=O)c1ccc(S(=O)(=O)c2ccc(CCN(Cc3ccccc3)CC(O)c3cccc(C#N)c3)cc2)cc1. The molecule has 4 rings (SSSR count). The quantitative estimate of drug-likeness (QED) is 0.261. The molecule has 0 spiro atoms. The smallest absolute Gasteiger partial charge is 0.337 e. The van der Waals surface area contributed by atoms with Crippen molar-refractivity contribution < 1.29 is 23.1 Å². The van der Waals surface area contributed by atoms with E-state index in [1.54, 1.807) is 42.5 Å². The highest BCUT2D eigenvalue weighted by Gasteiger charge is 2.19. The van der Waals surface area contributed by atoms with Crippen LogP contribution in [0.15, 0.2) is 113 Å². The van der Waals surface area contributed by atoms with Gasteiger partial charge in [0.1, 0.15) is 0 Å². The maximum absolute atomic E-state index is 13.1. The first kappa shape index (κ1) is 28.7. The number of esters is 1. The van der Waals surface area contributed by atoms with Crippen LogP contribution in [0, 0.1) is 11.3 Å². The molecule has 0 fully saturated rings. The zero-order chi connectivity index (χ0) is 28.5. The molecule has 0 radical (unpaired) electrons. The van der Waals surface area contributed by atoms with E-state index in [9.17, 15) is 23.6 Å². The van der Waals surface area contributed by atoms with Gasteiger partial charge in [-0.3, -0.25) is 4.90 Å². The second-order valence-electron chi connectivity index (χ2n) is 9.39. The van der Waals surface area contributed by atoms with Crippen molar-refractivity contribution in [2.75, 3.05) is 20.2 Å². The number of aliphatic hydroxyl groups excluding tert-OH is 1. The van der Waals surface area contributed by atoms with Gasteiger partial charge in [-0.2, -0.15) is 5.26 Å². The summed E-state index contributed by atoms with van der Waals surface area (Å²) in [6, 6.07) is 31.5. The Morgan fingerprint density at radius 1 is 0.900 bits per heavy atom. The zero-order valence-electron chi connectivity index (χ0n) is 22.1. The molecule has 0 aromatic heterocycles. The second kappa shape index (κ2) is 13.2. The minimum atomic E-state index is -3.75. The molecule has 4 aromatic carbocycles. The van der Waals surface area contributed by atoms with Crippen molar-refractivity contribution in [3.8, 4) is 6.07 Å². The molecule has 0 bridgehead atoms. The Balaban J connectivity index is 1.46. The summed E-state index contributed by atoms with van der Waals surface area (Å²) >= 11 is 0. The van der Waals surface area contributed by atoms with Crippen LogP contribution in [0.3, 0.4) is 0 Å². The Morgan fingerprint density at radius 2 is 1.55 bits per heavy atom. The van der Waals surface area contributed by atoms with Crippen molar-refractivity contribution in [2.24, 2.45) is 0 Å². The average molecular weight is 555 g/mol. The molecule has 7 nitrogen and oxygen atoms in total. The summed E-state index contributed by atoms with van der Waals surface area (Å²) in [7, 11) is -2.48. The summed E-state index contributed by atoms with van der Waals surface area (Å²) in [6.07, 6.45) is -0.124. The summed E-state index contributed by atoms with van der Waals surface area (Å²) in [5.74, 6) is -0.530. The lowest BCUT2D eigenvalue weighted by molar-refractivity contribution is 0.0600. The van der Waals surface area contributed by atoms with Crippen molar-refractivity contribution in [3.63, 3.8) is 0 Å². The van der Waals surface area contributed by atoms with Gasteiger partial charge < -0.3 is 9.84 Å². The van der Waals surface area contributed by atoms with Crippen LogP contribution in [0.1, 0.15) is 38.7 Å². The van der Waals surface area contributed by atoms with Crippen molar-refractivity contribution in [3.05, 3.63) is 131 Å². The van der Waals surface area contributed by atoms with Crippen LogP contribution in [0.25, 0.3) is 0 Å². The number of sulfone groups is 1. The van der Waals surface area contributed by atoms with E-state index >= 15 is 0 Å². The molecule has 1 unspecified atom stereocenters. The lowest BCUT2D eigenvalue weighted by Gasteiger charge is -2.25. The fourth-order valence-electron chi connectivity index (χ4n) is 4.39. The summed E-state index contributed by atoms with van der Waals surface area (Å²) in [4.78, 5) is 14.1. The Labute approximate surface area is 234 Å². The maximum atomic E-state index is 13.1. The van der Waals surface area contributed by atoms with E-state index in [1.807, 2.05) is 36.4 Å². The molecule has 4 aromatic rings. The molecule has 0 aliphatic heterocycles. The van der Waals surface area contributed by atoms with E-state index in [4.69, 9.17) is 0 Å². The lowest BCUT2D eigenvalue weighted by atomic mass is 10.1. The number of carbonyl (C=O) groups excluding carboxylic acids is 1. The first-order valence-corrected chi connectivity index (χ1v) is 14.3. The van der Waals surface area contributed by atoms with E-state index < -0.39 is 21.9 Å². The van der Waals surface area contributed by atoms with Crippen molar-refractivity contribution in [2.45, 2.75) is 28.9 Å². The van der Waals surface area contributed by atoms with Crippen LogP contribution in [0.2, 0.25) is 0 Å². The first-order chi connectivity index (χ1) is 19.3. The van der Waals surface area contributed by atoms with Gasteiger partial charge in [0.25, 0.3) is 0 Å². The third kappa shape index (κ3) is 7.21. The molecule has 40 heavy (non-hydrogen) atoms. The van der Waals surface area contributed by atoms with Crippen LogP contribution in [0.4, 0.5) is 0 Å². The summed E-state index contributed by atoms with van der Waals surface area (Å²) in [6.45, 7) is 1.63. The minimum absolute atomic E-state index is 0.0939. The molecule has 1 atom stereocenters. The molecule has 204 valence electrons. The number of ether oxygens (including phenoxy) is 1. The first-order valence-electron chi connectivity index (χ1n) is 12.8. The number of benzene rings is 4. The second-order valence-corrected chi connectivity index (χ2v) is 11.3. The number of aliphatic hydroxyl groups is 1. The van der Waals surface area contributed by atoms with Gasteiger partial charge in [0.15, 0.2) is 0 Å². The minimum Gasteiger partial charge on any atom is -0.465 e. The Hall–Kier alpha value is -4.29. The Kier molecular flexibility index (Phi) is 9.46. The van der Waals surface area contributed by atoms with Crippen LogP contribution in [-0.4, -0.2) is 44.6 Å². The summed E-state index contributed by atoms with van der Waals surface area (Å²) < 4.78 is 30.9. The van der Waals surface area contributed by atoms with E-state index in [0.29, 0.717) is 37.2 Å². The van der Waals surface area contributed by atoms with Gasteiger partial charge in [-0.05, 0) is 71.6 Å². The average Bonchev–Trinajstić information content (AvgIpc) is 3.00. The van der Waals surface area contributed by atoms with E-state index in [2.05, 4.69) is 15.7 Å². The molecular formula is C32H30N2O5S. The number of carbonyl (C=O) groups is 1. The van der Waals surface area contributed by atoms with E-state index in [-0.39, 0.29) is 15.4 Å². The third-order valence-corrected chi connectivity index (χ3v) is 8.40. The van der Waals surface area contributed by atoms with Crippen LogP contribution in [-0.2, 0) is 27.5 Å². The van der Waals surface area contributed by atoms with Gasteiger partial charge in [0.05, 0.1) is 40.2 Å². The van der Waals surface area contributed by atoms with Crippen LogP contribution in [0.5, 0.6) is 0 Å². The normalized spacial score (nSPS) is 12.1. The predicted octanol–water partition coefficient (Wildman–Crippen LogP) is 4.96. The fourth-order valence-corrected chi connectivity index (χ4v) is 5.65. The van der Waals surface area contributed by atoms with Crippen LogP contribution < -0.4 is 0 Å². The van der Waals surface area contributed by atoms with Crippen molar-refractivity contribution in [1.82, 2.24) is 4.90 Å². The van der Waals surface area contributed by atoms with Crippen molar-refractivity contribution in [1.29, 1.82) is 5.26 Å². The highest BCUT2D eigenvalue weighted by Crippen LogP contribution is 2.23. The van der Waals surface area contributed by atoms with E-state index in [0.717, 1.165) is 11.1 Å². The van der Waals surface area contributed by atoms with E-state index in [1.165, 1.54) is 31.4 Å². The molecule has 0 saturated heterocycles. The summed E-state index contributed by atoms with van der Waals surface area (Å²) in [5, 5.41) is 20.1. The molecule has 0 saturated carbocycles. The molecule has 8 heteroatoms. The topological polar surface area (TPSA) is 108 Å². The number of hydrogen-bond acceptors (Lipinski definition) is 7. The fraction of sp³-hybridized carbons (Fsp3) is 0.188. The number of hydrogen-bond donors (Lipinski definition) is 1. The largest absolute Gasteiger partial charge is 0.465 e. The zero-order valence-corrected chi connectivity index (χ0v) is 22.9. The molecule has 0 heterocycles. The molecule has 0 amide bonds. The van der Waals surface area contributed by atoms with Gasteiger partial charge >= 0.3 is 5.97 Å². The highest BCUT2D eigenvalue weighted by molar-refractivity contribution is 7.91. The number of methoxy groups -OCH3 is 1. The summed E-state index contributed by atoms with van der Waals surface area (Å²) in [5.41, 5.74) is 3.53. The molecule has 0 aliphatic rings. The standard InChI is InChI=1S/C32H30N2O5S/c1-39-32(36)27-12-16-30(17-13-27)40(37,38)29-14-10-24(11-15-29)18-19-34(22-25-6-3-2-4-7-25)23-31(35)28-9-5-8-26(20-28)21-33/h2-17,20,31,35H,18-19,22-23H2,1H3. The predicted molar refractivity (Wildman–Crippen MR) is 151 cm³/mol. The molecule has 0 aliphatic carbocycles. The Morgan fingerprint density at radius 3 is 2.17 bits per heavy atom. The number of nitriles is 1. The highest BCUT2D eigenvalue weighted by atomic mass is 32.2. The van der Waals surface area contributed by atoms with Crippen LogP contribution >= 0.6 is 0 Å². The van der Waals surface area contributed by atoms with Gasteiger partial charge in [-0.15, -0.1) is 0 Å². The third-order valence-electron chi connectivity index (χ3n) is 6.62. The van der Waals surface area contributed by atoms with Gasteiger partial charge in [-0.1, -0.05) is 54.6 Å².